The minimum Gasteiger partial charge on any atom is -0.345 e. The molecule has 146 valence electrons. The van der Waals surface area contributed by atoms with Crippen molar-refractivity contribution in [1.29, 1.82) is 0 Å². The fourth-order valence-electron chi connectivity index (χ4n) is 3.95. The van der Waals surface area contributed by atoms with Crippen molar-refractivity contribution in [2.75, 3.05) is 19.6 Å². The Hall–Kier alpha value is -2.01. The maximum atomic E-state index is 14.5. The van der Waals surface area contributed by atoms with E-state index in [0.717, 1.165) is 38.9 Å². The van der Waals surface area contributed by atoms with Crippen LogP contribution >= 0.6 is 0 Å². The number of allylic oxidation sites excluding steroid dienone is 2. The van der Waals surface area contributed by atoms with Crippen molar-refractivity contribution in [1.82, 2.24) is 10.2 Å². The van der Waals surface area contributed by atoms with Crippen LogP contribution in [0.25, 0.3) is 0 Å². The summed E-state index contributed by atoms with van der Waals surface area (Å²) in [7, 11) is 0. The number of hydrogen-bond donors (Lipinski definition) is 1. The maximum absolute atomic E-state index is 14.5. The van der Waals surface area contributed by atoms with E-state index in [9.17, 15) is 13.6 Å². The molecule has 3 nitrogen and oxygen atoms in total. The average molecular weight is 374 g/mol. The molecule has 1 heterocycles. The summed E-state index contributed by atoms with van der Waals surface area (Å²) in [5.74, 6) is -1.02. The predicted octanol–water partition coefficient (Wildman–Crippen LogP) is 4.68. The fraction of sp³-hybridized carbons (Fsp3) is 0.500. The molecule has 0 saturated carbocycles. The summed E-state index contributed by atoms with van der Waals surface area (Å²) in [6.07, 6.45) is 7.28. The molecule has 1 aliphatic heterocycles. The monoisotopic (exact) mass is 374 g/mol. The Balaban J connectivity index is 1.76. The SMILES string of the molecule is CCCN1CCC(C(=O)NC(C2=CCCC=C2F)c2ccccc2F)CC1. The zero-order valence-electron chi connectivity index (χ0n) is 15.9. The van der Waals surface area contributed by atoms with E-state index in [1.807, 2.05) is 0 Å². The number of nitrogens with one attached hydrogen (secondary N) is 1. The predicted molar refractivity (Wildman–Crippen MR) is 103 cm³/mol. The second-order valence-corrected chi connectivity index (χ2v) is 7.37. The lowest BCUT2D eigenvalue weighted by molar-refractivity contribution is -0.127. The summed E-state index contributed by atoms with van der Waals surface area (Å²) in [5, 5.41) is 2.94. The lowest BCUT2D eigenvalue weighted by Crippen LogP contribution is -2.42. The van der Waals surface area contributed by atoms with Gasteiger partial charge in [0.15, 0.2) is 0 Å². The number of benzene rings is 1. The molecule has 0 aromatic heterocycles. The Morgan fingerprint density at radius 2 is 1.89 bits per heavy atom. The van der Waals surface area contributed by atoms with Gasteiger partial charge in [-0.05, 0) is 63.9 Å². The summed E-state index contributed by atoms with van der Waals surface area (Å²) in [4.78, 5) is 15.3. The maximum Gasteiger partial charge on any atom is 0.223 e. The molecule has 0 bridgehead atoms. The first-order valence-corrected chi connectivity index (χ1v) is 9.93. The molecular formula is C22H28F2N2O. The molecule has 0 radical (unpaired) electrons. The van der Waals surface area contributed by atoms with Gasteiger partial charge in [-0.15, -0.1) is 0 Å². The van der Waals surface area contributed by atoms with Crippen LogP contribution in [0, 0.1) is 11.7 Å². The molecule has 2 aliphatic rings. The molecule has 1 unspecified atom stereocenters. The number of carbonyl (C=O) groups is 1. The molecule has 1 fully saturated rings. The number of halogens is 2. The molecule has 27 heavy (non-hydrogen) atoms. The molecule has 1 aliphatic carbocycles. The first-order chi connectivity index (χ1) is 13.1. The number of nitrogens with zero attached hydrogens (tertiary/aromatic N) is 1. The zero-order chi connectivity index (χ0) is 19.2. The van der Waals surface area contributed by atoms with Crippen LogP contribution in [0.5, 0.6) is 0 Å². The van der Waals surface area contributed by atoms with Gasteiger partial charge in [-0.1, -0.05) is 31.2 Å². The van der Waals surface area contributed by atoms with Crippen LogP contribution in [-0.2, 0) is 4.79 Å². The first kappa shape index (κ1) is 19.7. The van der Waals surface area contributed by atoms with Gasteiger partial charge in [0, 0.05) is 17.1 Å². The second kappa shape index (κ2) is 9.27. The Bertz CT molecular complexity index is 721. The molecular weight excluding hydrogens is 346 g/mol. The highest BCUT2D eigenvalue weighted by molar-refractivity contribution is 5.80. The van der Waals surface area contributed by atoms with Crippen molar-refractivity contribution >= 4 is 5.91 Å². The Kier molecular flexibility index (Phi) is 6.78. The van der Waals surface area contributed by atoms with Crippen LogP contribution in [0.1, 0.15) is 50.6 Å². The van der Waals surface area contributed by atoms with Gasteiger partial charge in [-0.3, -0.25) is 4.79 Å². The van der Waals surface area contributed by atoms with Crippen LogP contribution in [0.15, 0.2) is 47.8 Å². The third kappa shape index (κ3) is 4.83. The minimum atomic E-state index is -0.788. The van der Waals surface area contributed by atoms with E-state index < -0.39 is 11.9 Å². The van der Waals surface area contributed by atoms with Crippen molar-refractivity contribution in [3.63, 3.8) is 0 Å². The molecule has 1 atom stereocenters. The molecule has 1 amide bonds. The number of carbonyl (C=O) groups excluding carboxylic acids is 1. The highest BCUT2D eigenvalue weighted by Crippen LogP contribution is 2.33. The molecule has 1 aromatic carbocycles. The summed E-state index contributed by atoms with van der Waals surface area (Å²) in [6, 6.07) is 5.49. The lowest BCUT2D eigenvalue weighted by atomic mass is 9.90. The van der Waals surface area contributed by atoms with E-state index in [2.05, 4.69) is 17.1 Å². The molecule has 1 aromatic rings. The minimum absolute atomic E-state index is 0.108. The summed E-state index contributed by atoms with van der Waals surface area (Å²) < 4.78 is 28.9. The largest absolute Gasteiger partial charge is 0.345 e. The van der Waals surface area contributed by atoms with Gasteiger partial charge in [0.25, 0.3) is 0 Å². The number of hydrogen-bond acceptors (Lipinski definition) is 2. The highest BCUT2D eigenvalue weighted by atomic mass is 19.1. The number of amides is 1. The first-order valence-electron chi connectivity index (χ1n) is 9.93. The summed E-state index contributed by atoms with van der Waals surface area (Å²) >= 11 is 0. The van der Waals surface area contributed by atoms with Crippen molar-refractivity contribution in [3.8, 4) is 0 Å². The number of piperidine rings is 1. The van der Waals surface area contributed by atoms with Crippen LogP contribution in [0.2, 0.25) is 0 Å². The molecule has 1 N–H and O–H groups in total. The van der Waals surface area contributed by atoms with E-state index in [1.54, 1.807) is 24.3 Å². The standard InChI is InChI=1S/C22H28F2N2O/c1-2-13-26-14-11-16(12-15-26)22(27)25-21(17-7-3-5-9-19(17)23)18-8-4-6-10-20(18)24/h3,5,7-10,16,21H,2,4,6,11-15H2,1H3,(H,25,27). The Morgan fingerprint density at radius 1 is 1.19 bits per heavy atom. The molecule has 0 spiro atoms. The second-order valence-electron chi connectivity index (χ2n) is 7.37. The van der Waals surface area contributed by atoms with E-state index in [4.69, 9.17) is 0 Å². The highest BCUT2D eigenvalue weighted by Gasteiger charge is 2.30. The summed E-state index contributed by atoms with van der Waals surface area (Å²) in [5.41, 5.74) is 0.675. The molecule has 1 saturated heterocycles. The van der Waals surface area contributed by atoms with E-state index in [1.165, 1.54) is 12.1 Å². The molecule has 5 heteroatoms. The van der Waals surface area contributed by atoms with Crippen molar-refractivity contribution in [2.24, 2.45) is 5.92 Å². The normalized spacial score (nSPS) is 20.0. The van der Waals surface area contributed by atoms with Gasteiger partial charge >= 0.3 is 0 Å². The van der Waals surface area contributed by atoms with Crippen molar-refractivity contribution in [2.45, 2.75) is 45.1 Å². The Labute approximate surface area is 160 Å². The average Bonchev–Trinajstić information content (AvgIpc) is 2.68. The smallest absolute Gasteiger partial charge is 0.223 e. The third-order valence-electron chi connectivity index (χ3n) is 5.44. The number of rotatable bonds is 6. The molecule has 3 rings (SSSR count). The summed E-state index contributed by atoms with van der Waals surface area (Å²) in [6.45, 7) is 4.99. The zero-order valence-corrected chi connectivity index (χ0v) is 15.9. The third-order valence-corrected chi connectivity index (χ3v) is 5.44. The van der Waals surface area contributed by atoms with Crippen molar-refractivity contribution < 1.29 is 13.6 Å². The topological polar surface area (TPSA) is 32.3 Å². The van der Waals surface area contributed by atoms with Crippen molar-refractivity contribution in [3.05, 3.63) is 59.2 Å². The van der Waals surface area contributed by atoms with Gasteiger partial charge in [0.05, 0.1) is 6.04 Å². The van der Waals surface area contributed by atoms with Crippen LogP contribution in [-0.4, -0.2) is 30.4 Å². The van der Waals surface area contributed by atoms with E-state index >= 15 is 0 Å². The van der Waals surface area contributed by atoms with Gasteiger partial charge in [-0.2, -0.15) is 0 Å². The van der Waals surface area contributed by atoms with Gasteiger partial charge in [-0.25, -0.2) is 8.78 Å². The fourth-order valence-corrected chi connectivity index (χ4v) is 3.95. The van der Waals surface area contributed by atoms with Crippen LogP contribution in [0.4, 0.5) is 8.78 Å². The number of likely N-dealkylation sites (tertiary alicyclic amines) is 1. The van der Waals surface area contributed by atoms with Crippen LogP contribution in [0.3, 0.4) is 0 Å². The van der Waals surface area contributed by atoms with Crippen LogP contribution < -0.4 is 5.32 Å². The lowest BCUT2D eigenvalue weighted by Gasteiger charge is -2.32. The van der Waals surface area contributed by atoms with Gasteiger partial charge < -0.3 is 10.2 Å². The van der Waals surface area contributed by atoms with E-state index in [-0.39, 0.29) is 17.7 Å². The Morgan fingerprint density at radius 3 is 2.56 bits per heavy atom. The van der Waals surface area contributed by atoms with Gasteiger partial charge in [0.1, 0.15) is 11.6 Å². The van der Waals surface area contributed by atoms with Gasteiger partial charge in [0.2, 0.25) is 5.91 Å². The quantitative estimate of drug-likeness (QED) is 0.784. The van der Waals surface area contributed by atoms with E-state index in [0.29, 0.717) is 24.0 Å².